The molecule has 1 aliphatic heterocycles. The maximum absolute atomic E-state index is 10.7. The largest absolute Gasteiger partial charge is 0.421 e. The SMILES string of the molecule is [N-]=[N+]=C1C(=O)CCNC1=O. The van der Waals surface area contributed by atoms with Crippen molar-refractivity contribution in [1.29, 1.82) is 0 Å². The van der Waals surface area contributed by atoms with Gasteiger partial charge in [-0.25, -0.2) is 0 Å². The molecule has 0 aliphatic carbocycles. The quantitative estimate of drug-likeness (QED) is 0.336. The van der Waals surface area contributed by atoms with Crippen molar-refractivity contribution in [2.45, 2.75) is 6.42 Å². The number of carbonyl (C=O) groups excluding carboxylic acids is 2. The third kappa shape index (κ3) is 0.942. The number of Topliss-reactive ketones (excluding diaryl/α,β-unsaturated/α-hetero) is 1. The van der Waals surface area contributed by atoms with Crippen LogP contribution in [0.15, 0.2) is 0 Å². The molecule has 1 amide bonds. The van der Waals surface area contributed by atoms with Gasteiger partial charge in [-0.3, -0.25) is 9.59 Å². The third-order valence-electron chi connectivity index (χ3n) is 1.22. The van der Waals surface area contributed by atoms with Crippen molar-refractivity contribution in [1.82, 2.24) is 5.32 Å². The second-order valence-corrected chi connectivity index (χ2v) is 1.88. The molecule has 52 valence electrons. The van der Waals surface area contributed by atoms with Crippen molar-refractivity contribution in [2.24, 2.45) is 0 Å². The van der Waals surface area contributed by atoms with E-state index in [9.17, 15) is 9.59 Å². The Morgan fingerprint density at radius 3 is 2.60 bits per heavy atom. The predicted molar refractivity (Wildman–Crippen MR) is 31.3 cm³/mol. The lowest BCUT2D eigenvalue weighted by Gasteiger charge is -2.04. The molecule has 0 aromatic carbocycles. The minimum Gasteiger partial charge on any atom is -0.360 e. The van der Waals surface area contributed by atoms with E-state index in [1.807, 2.05) is 0 Å². The van der Waals surface area contributed by atoms with Gasteiger partial charge in [0.1, 0.15) is 0 Å². The van der Waals surface area contributed by atoms with E-state index < -0.39 is 17.4 Å². The molecule has 0 bridgehead atoms. The summed E-state index contributed by atoms with van der Waals surface area (Å²) in [6, 6.07) is 0. The molecule has 1 saturated heterocycles. The predicted octanol–water partition coefficient (Wildman–Crippen LogP) is -1.25. The van der Waals surface area contributed by atoms with Crippen molar-refractivity contribution >= 4 is 17.4 Å². The van der Waals surface area contributed by atoms with Gasteiger partial charge in [-0.15, -0.1) is 0 Å². The fraction of sp³-hybridized carbons (Fsp3) is 0.400. The number of ketones is 1. The van der Waals surface area contributed by atoms with Crippen molar-refractivity contribution in [2.75, 3.05) is 6.54 Å². The van der Waals surface area contributed by atoms with Gasteiger partial charge < -0.3 is 10.8 Å². The minimum absolute atomic E-state index is 0.213. The molecule has 0 aromatic heterocycles. The molecule has 0 unspecified atom stereocenters. The summed E-state index contributed by atoms with van der Waals surface area (Å²) in [5.41, 5.74) is 7.74. The molecule has 1 N–H and O–H groups in total. The molecule has 0 spiro atoms. The Bertz CT molecular complexity index is 221. The smallest absolute Gasteiger partial charge is 0.360 e. The summed E-state index contributed by atoms with van der Waals surface area (Å²) < 4.78 is 0. The van der Waals surface area contributed by atoms with Crippen LogP contribution in [0, 0.1) is 0 Å². The molecule has 10 heavy (non-hydrogen) atoms. The topological polar surface area (TPSA) is 82.6 Å². The highest BCUT2D eigenvalue weighted by Crippen LogP contribution is 1.90. The van der Waals surface area contributed by atoms with Gasteiger partial charge in [0.05, 0.1) is 0 Å². The molecule has 0 saturated carbocycles. The zero-order chi connectivity index (χ0) is 7.56. The number of hydrogen-bond donors (Lipinski definition) is 1. The number of nitrogens with zero attached hydrogens (tertiary/aromatic N) is 2. The van der Waals surface area contributed by atoms with E-state index in [0.29, 0.717) is 6.54 Å². The first kappa shape index (κ1) is 6.64. The molecular formula is C5H5N3O2. The van der Waals surface area contributed by atoms with Crippen molar-refractivity contribution in [3.05, 3.63) is 5.53 Å². The summed E-state index contributed by atoms with van der Waals surface area (Å²) in [7, 11) is 0. The Morgan fingerprint density at radius 2 is 2.20 bits per heavy atom. The van der Waals surface area contributed by atoms with E-state index in [-0.39, 0.29) is 6.42 Å². The molecular weight excluding hydrogens is 134 g/mol. The van der Waals surface area contributed by atoms with E-state index in [1.165, 1.54) is 0 Å². The first-order valence-corrected chi connectivity index (χ1v) is 2.79. The maximum atomic E-state index is 10.7. The van der Waals surface area contributed by atoms with E-state index in [4.69, 9.17) is 5.53 Å². The highest BCUT2D eigenvalue weighted by molar-refractivity contribution is 6.64. The second kappa shape index (κ2) is 2.41. The standard InChI is InChI=1S/C5H5N3O2/c6-8-4-3(9)1-2-7-5(4)10/h1-2H2,(H,7,10). The highest BCUT2D eigenvalue weighted by atomic mass is 16.2. The number of nitrogens with one attached hydrogen (secondary N) is 1. The fourth-order valence-electron chi connectivity index (χ4n) is 0.719. The van der Waals surface area contributed by atoms with Crippen LogP contribution in [0.4, 0.5) is 0 Å². The molecule has 1 fully saturated rings. The van der Waals surface area contributed by atoms with Crippen LogP contribution in [0.5, 0.6) is 0 Å². The molecule has 0 atom stereocenters. The lowest BCUT2D eigenvalue weighted by atomic mass is 10.1. The second-order valence-electron chi connectivity index (χ2n) is 1.88. The summed E-state index contributed by atoms with van der Waals surface area (Å²) in [6.45, 7) is 0.330. The van der Waals surface area contributed by atoms with Gasteiger partial charge in [0, 0.05) is 13.0 Å². The third-order valence-corrected chi connectivity index (χ3v) is 1.22. The average Bonchev–Trinajstić information content (AvgIpc) is 1.88. The first-order valence-electron chi connectivity index (χ1n) is 2.79. The first-order chi connectivity index (χ1) is 4.75. The van der Waals surface area contributed by atoms with Crippen LogP contribution in [0.3, 0.4) is 0 Å². The Morgan fingerprint density at radius 1 is 1.50 bits per heavy atom. The number of rotatable bonds is 0. The van der Waals surface area contributed by atoms with Crippen LogP contribution in [0.2, 0.25) is 0 Å². The minimum atomic E-state index is -0.598. The fourth-order valence-corrected chi connectivity index (χ4v) is 0.719. The van der Waals surface area contributed by atoms with Crippen LogP contribution < -0.4 is 5.32 Å². The maximum Gasteiger partial charge on any atom is 0.421 e. The van der Waals surface area contributed by atoms with E-state index in [1.54, 1.807) is 0 Å². The highest BCUT2D eigenvalue weighted by Gasteiger charge is 2.32. The van der Waals surface area contributed by atoms with Gasteiger partial charge in [-0.1, -0.05) is 0 Å². The van der Waals surface area contributed by atoms with E-state index in [2.05, 4.69) is 10.1 Å². The summed E-state index contributed by atoms with van der Waals surface area (Å²) >= 11 is 0. The summed E-state index contributed by atoms with van der Waals surface area (Å²) in [5.74, 6) is -1.01. The van der Waals surface area contributed by atoms with E-state index >= 15 is 0 Å². The molecule has 5 heteroatoms. The Kier molecular flexibility index (Phi) is 1.60. The number of amides is 1. The lowest BCUT2D eigenvalue weighted by molar-refractivity contribution is -0.127. The van der Waals surface area contributed by atoms with Crippen LogP contribution >= 0.6 is 0 Å². The van der Waals surface area contributed by atoms with Crippen LogP contribution in [0.1, 0.15) is 6.42 Å². The zero-order valence-corrected chi connectivity index (χ0v) is 5.13. The van der Waals surface area contributed by atoms with Crippen molar-refractivity contribution in [3.8, 4) is 0 Å². The normalized spacial score (nSPS) is 18.2. The van der Waals surface area contributed by atoms with Crippen molar-refractivity contribution in [3.63, 3.8) is 0 Å². The Hall–Kier alpha value is -1.48. The summed E-state index contributed by atoms with van der Waals surface area (Å²) in [5, 5.41) is 2.36. The number of piperidine rings is 1. The van der Waals surface area contributed by atoms with Crippen LogP contribution in [-0.2, 0) is 9.59 Å². The lowest BCUT2D eigenvalue weighted by Crippen LogP contribution is -2.43. The molecule has 0 radical (unpaired) electrons. The van der Waals surface area contributed by atoms with Crippen LogP contribution in [0.25, 0.3) is 5.53 Å². The number of hydrogen-bond acceptors (Lipinski definition) is 2. The van der Waals surface area contributed by atoms with Crippen molar-refractivity contribution < 1.29 is 14.4 Å². The molecule has 5 nitrogen and oxygen atoms in total. The van der Waals surface area contributed by atoms with Crippen LogP contribution in [-0.4, -0.2) is 28.7 Å². The van der Waals surface area contributed by atoms with Gasteiger partial charge in [0.15, 0.2) is 0 Å². The molecule has 1 rings (SSSR count). The molecule has 1 aliphatic rings. The molecule has 1 heterocycles. The summed E-state index contributed by atoms with van der Waals surface area (Å²) in [6.07, 6.45) is 0.213. The van der Waals surface area contributed by atoms with Gasteiger partial charge in [0.25, 0.3) is 5.78 Å². The van der Waals surface area contributed by atoms with E-state index in [0.717, 1.165) is 0 Å². The Labute approximate surface area is 56.6 Å². The van der Waals surface area contributed by atoms with Gasteiger partial charge in [-0.2, -0.15) is 4.79 Å². The zero-order valence-electron chi connectivity index (χ0n) is 5.13. The monoisotopic (exact) mass is 139 g/mol. The molecule has 0 aromatic rings. The Balaban J connectivity index is 2.94. The van der Waals surface area contributed by atoms with Gasteiger partial charge in [0.2, 0.25) is 0 Å². The number of carbonyl (C=O) groups is 2. The van der Waals surface area contributed by atoms with Gasteiger partial charge >= 0.3 is 11.6 Å². The average molecular weight is 139 g/mol. The van der Waals surface area contributed by atoms with Gasteiger partial charge in [-0.05, 0) is 0 Å². The summed E-state index contributed by atoms with van der Waals surface area (Å²) in [4.78, 5) is 23.9.